The van der Waals surface area contributed by atoms with Crippen molar-refractivity contribution < 1.29 is 23.4 Å². The van der Waals surface area contributed by atoms with E-state index in [1.165, 1.54) is 18.5 Å². The zero-order valence-electron chi connectivity index (χ0n) is 13.4. The van der Waals surface area contributed by atoms with Gasteiger partial charge in [0.15, 0.2) is 0 Å². The smallest absolute Gasteiger partial charge is 0.387 e. The fraction of sp³-hybridized carbons (Fsp3) is 0.333. The molecule has 1 aromatic heterocycles. The molecule has 3 rings (SSSR count). The molecule has 0 saturated heterocycles. The Morgan fingerprint density at radius 1 is 1.40 bits per heavy atom. The number of carboxylic acids is 1. The van der Waals surface area contributed by atoms with Gasteiger partial charge in [-0.3, -0.25) is 4.98 Å². The first-order valence-electron chi connectivity index (χ1n) is 8.03. The Bertz CT molecular complexity index is 768. The van der Waals surface area contributed by atoms with Gasteiger partial charge in [0.2, 0.25) is 0 Å². The van der Waals surface area contributed by atoms with E-state index in [1.54, 1.807) is 12.1 Å². The van der Waals surface area contributed by atoms with Crippen LogP contribution in [0.5, 0.6) is 5.75 Å². The normalized spacial score (nSPS) is 16.4. The van der Waals surface area contributed by atoms with Crippen molar-refractivity contribution in [2.45, 2.75) is 31.8 Å². The van der Waals surface area contributed by atoms with Crippen molar-refractivity contribution >= 4 is 11.7 Å². The number of pyridine rings is 1. The number of hydrogen-bond donors (Lipinski definition) is 2. The van der Waals surface area contributed by atoms with Crippen LogP contribution in [0, 0.1) is 0 Å². The summed E-state index contributed by atoms with van der Waals surface area (Å²) in [5.74, 6) is -0.670. The molecule has 0 saturated carbocycles. The Balaban J connectivity index is 1.75. The Morgan fingerprint density at radius 2 is 2.24 bits per heavy atom. The number of halogens is 2. The number of fused-ring (bicyclic) bond motifs is 1. The van der Waals surface area contributed by atoms with Crippen molar-refractivity contribution in [2.75, 3.05) is 11.9 Å². The maximum atomic E-state index is 12.4. The van der Waals surface area contributed by atoms with Crippen molar-refractivity contribution in [3.05, 3.63) is 53.3 Å². The van der Waals surface area contributed by atoms with E-state index >= 15 is 0 Å². The first-order chi connectivity index (χ1) is 12.0. The van der Waals surface area contributed by atoms with E-state index in [0.29, 0.717) is 12.2 Å². The van der Waals surface area contributed by atoms with Crippen molar-refractivity contribution in [3.63, 3.8) is 0 Å². The lowest BCUT2D eigenvalue weighted by Gasteiger charge is -2.26. The first-order valence-corrected chi connectivity index (χ1v) is 8.03. The summed E-state index contributed by atoms with van der Waals surface area (Å²) in [6.45, 7) is -2.28. The van der Waals surface area contributed by atoms with Gasteiger partial charge >= 0.3 is 12.6 Å². The molecule has 5 nitrogen and oxygen atoms in total. The number of nitrogens with one attached hydrogen (secondary N) is 1. The average Bonchev–Trinajstić information content (AvgIpc) is 2.59. The van der Waals surface area contributed by atoms with Gasteiger partial charge in [0.1, 0.15) is 5.75 Å². The number of aromatic nitrogens is 1. The Hall–Kier alpha value is -2.70. The molecule has 2 N–H and O–H groups in total. The van der Waals surface area contributed by atoms with E-state index in [2.05, 4.69) is 15.0 Å². The van der Waals surface area contributed by atoms with E-state index in [-0.39, 0.29) is 17.2 Å². The SMILES string of the molecule is O=C(O)c1ccncc1NC[C@@H]1CCCc2cc(OC(F)F)ccc21. The molecule has 1 aliphatic rings. The zero-order valence-corrected chi connectivity index (χ0v) is 13.4. The van der Waals surface area contributed by atoms with E-state index in [9.17, 15) is 18.7 Å². The number of hydrogen-bond acceptors (Lipinski definition) is 4. The van der Waals surface area contributed by atoms with Gasteiger partial charge in [-0.15, -0.1) is 0 Å². The molecule has 7 heteroatoms. The second-order valence-electron chi connectivity index (χ2n) is 5.94. The van der Waals surface area contributed by atoms with Crippen LogP contribution in [0.4, 0.5) is 14.5 Å². The summed E-state index contributed by atoms with van der Waals surface area (Å²) < 4.78 is 29.2. The fourth-order valence-electron chi connectivity index (χ4n) is 3.23. The topological polar surface area (TPSA) is 71.5 Å². The molecular weight excluding hydrogens is 330 g/mol. The largest absolute Gasteiger partial charge is 0.478 e. The number of alkyl halides is 2. The summed E-state index contributed by atoms with van der Waals surface area (Å²) in [6.07, 6.45) is 5.63. The molecule has 1 atom stereocenters. The predicted octanol–water partition coefficient (Wildman–Crippen LogP) is 3.91. The molecular formula is C18H18F2N2O3. The number of carboxylic acid groups (broad SMARTS) is 1. The number of ether oxygens (including phenoxy) is 1. The van der Waals surface area contributed by atoms with E-state index in [0.717, 1.165) is 30.4 Å². The molecule has 1 aliphatic carbocycles. The van der Waals surface area contributed by atoms with Gasteiger partial charge in [0.05, 0.1) is 17.4 Å². The van der Waals surface area contributed by atoms with Crippen LogP contribution in [0.25, 0.3) is 0 Å². The van der Waals surface area contributed by atoms with Crippen molar-refractivity contribution in [3.8, 4) is 5.75 Å². The number of anilines is 1. The number of benzene rings is 1. The van der Waals surface area contributed by atoms with E-state index in [4.69, 9.17) is 0 Å². The summed E-state index contributed by atoms with van der Waals surface area (Å²) >= 11 is 0. The molecule has 0 unspecified atom stereocenters. The number of carbonyl (C=O) groups is 1. The van der Waals surface area contributed by atoms with E-state index < -0.39 is 12.6 Å². The Morgan fingerprint density at radius 3 is 3.00 bits per heavy atom. The molecule has 0 radical (unpaired) electrons. The quantitative estimate of drug-likeness (QED) is 0.828. The molecule has 0 spiro atoms. The summed E-state index contributed by atoms with van der Waals surface area (Å²) in [6, 6.07) is 6.49. The molecule has 2 aromatic rings. The molecule has 0 fully saturated rings. The third kappa shape index (κ3) is 4.04. The van der Waals surface area contributed by atoms with Crippen LogP contribution in [0.1, 0.15) is 40.2 Å². The van der Waals surface area contributed by atoms with Crippen LogP contribution >= 0.6 is 0 Å². The standard InChI is InChI=1S/C18H18F2N2O3/c19-18(20)25-13-4-5-14-11(8-13)2-1-3-12(14)9-22-16-10-21-7-6-15(16)17(23)24/h4-8,10,12,18,22H,1-3,9H2,(H,23,24)/t12-/m0/s1. The number of aryl methyl sites for hydroxylation is 1. The summed E-state index contributed by atoms with van der Waals surface area (Å²) in [5.41, 5.74) is 2.73. The van der Waals surface area contributed by atoms with Gasteiger partial charge in [-0.25, -0.2) is 4.79 Å². The van der Waals surface area contributed by atoms with Crippen LogP contribution in [0.3, 0.4) is 0 Å². The third-order valence-electron chi connectivity index (χ3n) is 4.37. The zero-order chi connectivity index (χ0) is 17.8. The second-order valence-corrected chi connectivity index (χ2v) is 5.94. The molecule has 1 aromatic carbocycles. The molecule has 0 bridgehead atoms. The highest BCUT2D eigenvalue weighted by molar-refractivity contribution is 5.93. The van der Waals surface area contributed by atoms with Crippen LogP contribution in [0.2, 0.25) is 0 Å². The summed E-state index contributed by atoms with van der Waals surface area (Å²) in [5, 5.41) is 12.4. The fourth-order valence-corrected chi connectivity index (χ4v) is 3.23. The van der Waals surface area contributed by atoms with E-state index in [1.807, 2.05) is 6.07 Å². The van der Waals surface area contributed by atoms with Crippen molar-refractivity contribution in [2.24, 2.45) is 0 Å². The lowest BCUT2D eigenvalue weighted by Crippen LogP contribution is -2.19. The maximum Gasteiger partial charge on any atom is 0.387 e. The van der Waals surface area contributed by atoms with Gasteiger partial charge in [-0.05, 0) is 48.6 Å². The Labute approximate surface area is 143 Å². The van der Waals surface area contributed by atoms with Crippen molar-refractivity contribution in [1.82, 2.24) is 4.98 Å². The predicted molar refractivity (Wildman–Crippen MR) is 88.4 cm³/mol. The minimum Gasteiger partial charge on any atom is -0.478 e. The Kier molecular flexibility index (Phi) is 5.11. The molecule has 132 valence electrons. The minimum atomic E-state index is -2.83. The second kappa shape index (κ2) is 7.46. The monoisotopic (exact) mass is 348 g/mol. The number of nitrogens with zero attached hydrogens (tertiary/aromatic N) is 1. The lowest BCUT2D eigenvalue weighted by molar-refractivity contribution is -0.0499. The summed E-state index contributed by atoms with van der Waals surface area (Å²) in [7, 11) is 0. The van der Waals surface area contributed by atoms with Gasteiger partial charge in [-0.2, -0.15) is 8.78 Å². The van der Waals surface area contributed by atoms with Gasteiger partial charge < -0.3 is 15.2 Å². The molecule has 25 heavy (non-hydrogen) atoms. The van der Waals surface area contributed by atoms with Gasteiger partial charge in [0, 0.05) is 18.7 Å². The number of rotatable bonds is 6. The number of aromatic carboxylic acids is 1. The first kappa shape index (κ1) is 17.1. The summed E-state index contributed by atoms with van der Waals surface area (Å²) in [4.78, 5) is 15.2. The van der Waals surface area contributed by atoms with Gasteiger partial charge in [-0.1, -0.05) is 6.07 Å². The average molecular weight is 348 g/mol. The minimum absolute atomic E-state index is 0.169. The molecule has 0 aliphatic heterocycles. The maximum absolute atomic E-state index is 12.4. The van der Waals surface area contributed by atoms with Crippen LogP contribution < -0.4 is 10.1 Å². The van der Waals surface area contributed by atoms with Crippen LogP contribution in [-0.4, -0.2) is 29.2 Å². The highest BCUT2D eigenvalue weighted by Crippen LogP contribution is 2.34. The lowest BCUT2D eigenvalue weighted by atomic mass is 9.82. The third-order valence-corrected chi connectivity index (χ3v) is 4.37. The van der Waals surface area contributed by atoms with Crippen LogP contribution in [-0.2, 0) is 6.42 Å². The highest BCUT2D eigenvalue weighted by atomic mass is 19.3. The van der Waals surface area contributed by atoms with Gasteiger partial charge in [0.25, 0.3) is 0 Å². The molecule has 1 heterocycles. The molecule has 0 amide bonds. The van der Waals surface area contributed by atoms with Crippen molar-refractivity contribution in [1.29, 1.82) is 0 Å². The highest BCUT2D eigenvalue weighted by Gasteiger charge is 2.22. The van der Waals surface area contributed by atoms with Crippen LogP contribution in [0.15, 0.2) is 36.7 Å².